The summed E-state index contributed by atoms with van der Waals surface area (Å²) in [6, 6.07) is 73.2. The Morgan fingerprint density at radius 2 is 0.705 bits per heavy atom. The molecule has 0 aliphatic rings. The van der Waals surface area contributed by atoms with Gasteiger partial charge in [0.25, 0.3) is 0 Å². The van der Waals surface area contributed by atoms with Crippen LogP contribution in [0.5, 0.6) is 0 Å². The van der Waals surface area contributed by atoms with Crippen molar-refractivity contribution in [3.05, 3.63) is 217 Å². The third-order valence-corrected chi connectivity index (χ3v) is 12.3. The number of rotatable bonds is 5. The Bertz CT molecular complexity index is 3620. The first-order valence-electron chi connectivity index (χ1n) is 20.3. The number of para-hydroxylation sites is 4. The third-order valence-electron chi connectivity index (χ3n) is 12.3. The molecule has 61 heavy (non-hydrogen) atoms. The van der Waals surface area contributed by atoms with E-state index in [9.17, 15) is 5.26 Å². The molecule has 0 bridgehead atoms. The van der Waals surface area contributed by atoms with Crippen LogP contribution in [0.3, 0.4) is 0 Å². The molecule has 282 valence electrons. The zero-order valence-corrected chi connectivity index (χ0v) is 32.8. The summed E-state index contributed by atoms with van der Waals surface area (Å²) in [5.74, 6) is 0. The minimum absolute atomic E-state index is 0.351. The lowest BCUT2D eigenvalue weighted by molar-refractivity contribution is 1.18. The predicted octanol–water partition coefficient (Wildman–Crippen LogP) is 14.7. The van der Waals surface area contributed by atoms with Crippen LogP contribution >= 0.6 is 0 Å². The third kappa shape index (κ3) is 5.25. The Hall–Kier alpha value is -8.64. The van der Waals surface area contributed by atoms with Crippen LogP contribution in [0.15, 0.2) is 200 Å². The highest BCUT2D eigenvalue weighted by atomic mass is 15.0. The molecule has 0 saturated heterocycles. The summed E-state index contributed by atoms with van der Waals surface area (Å²) in [5.41, 5.74) is 15.1. The molecule has 3 heterocycles. The number of nitriles is 1. The summed E-state index contributed by atoms with van der Waals surface area (Å²) in [6.07, 6.45) is 0. The molecular formula is C56H33N5. The second-order valence-electron chi connectivity index (χ2n) is 15.6. The van der Waals surface area contributed by atoms with Crippen molar-refractivity contribution in [1.29, 1.82) is 5.26 Å². The standard InChI is InChI=1S/C56H33N5/c1-58-50-25-24-43(30-40(50)35-57)61-55-28-22-38(36-20-26-53-46(31-36)44-16-8-10-18-51(44)59(53)41-12-4-2-5-13-41)33-48(55)49-34-39(23-29-56(49)61)37-21-27-54-47(32-37)45-17-9-11-19-52(45)60(54)42-14-6-3-7-15-42/h2-34H. The van der Waals surface area contributed by atoms with Gasteiger partial charge in [-0.15, -0.1) is 0 Å². The first-order valence-corrected chi connectivity index (χ1v) is 20.3. The van der Waals surface area contributed by atoms with E-state index in [1.165, 1.54) is 43.6 Å². The van der Waals surface area contributed by atoms with Gasteiger partial charge in [-0.05, 0) is 119 Å². The maximum atomic E-state index is 10.0. The lowest BCUT2D eigenvalue weighted by atomic mass is 9.98. The van der Waals surface area contributed by atoms with Crippen LogP contribution in [0.2, 0.25) is 0 Å². The van der Waals surface area contributed by atoms with Gasteiger partial charge < -0.3 is 13.7 Å². The molecule has 0 aliphatic heterocycles. The van der Waals surface area contributed by atoms with E-state index in [4.69, 9.17) is 6.57 Å². The molecule has 0 radical (unpaired) electrons. The molecule has 0 amide bonds. The van der Waals surface area contributed by atoms with Crippen molar-refractivity contribution in [1.82, 2.24) is 13.7 Å². The Morgan fingerprint density at radius 3 is 1.11 bits per heavy atom. The molecule has 0 N–H and O–H groups in total. The van der Waals surface area contributed by atoms with Crippen molar-refractivity contribution in [2.24, 2.45) is 0 Å². The first kappa shape index (κ1) is 34.4. The molecule has 0 atom stereocenters. The number of nitrogens with zero attached hydrogens (tertiary/aromatic N) is 5. The van der Waals surface area contributed by atoms with Gasteiger partial charge in [0.2, 0.25) is 5.69 Å². The molecule has 9 aromatic carbocycles. The highest BCUT2D eigenvalue weighted by Gasteiger charge is 2.19. The minimum atomic E-state index is 0.351. The van der Waals surface area contributed by atoms with E-state index in [0.717, 1.165) is 61.1 Å². The Kier molecular flexibility index (Phi) is 7.59. The maximum absolute atomic E-state index is 10.0. The van der Waals surface area contributed by atoms with Gasteiger partial charge >= 0.3 is 0 Å². The number of hydrogen-bond acceptors (Lipinski definition) is 1. The highest BCUT2D eigenvalue weighted by Crippen LogP contribution is 2.41. The van der Waals surface area contributed by atoms with Crippen molar-refractivity contribution in [2.75, 3.05) is 0 Å². The van der Waals surface area contributed by atoms with Crippen LogP contribution in [-0.2, 0) is 0 Å². The van der Waals surface area contributed by atoms with Crippen molar-refractivity contribution in [2.45, 2.75) is 0 Å². The molecule has 0 spiro atoms. The maximum Gasteiger partial charge on any atom is 0.204 e. The molecule has 5 heteroatoms. The number of fused-ring (bicyclic) bond motifs is 9. The molecule has 12 aromatic rings. The Labute approximate surface area is 351 Å². The molecule has 3 aromatic heterocycles. The summed E-state index contributed by atoms with van der Waals surface area (Å²) >= 11 is 0. The normalized spacial score (nSPS) is 11.6. The topological polar surface area (TPSA) is 42.9 Å². The average Bonchev–Trinajstić information content (AvgIpc) is 3.96. The summed E-state index contributed by atoms with van der Waals surface area (Å²) in [4.78, 5) is 3.61. The Balaban J connectivity index is 1.07. The van der Waals surface area contributed by atoms with Crippen LogP contribution in [0, 0.1) is 17.9 Å². The lowest BCUT2D eigenvalue weighted by Gasteiger charge is -2.10. The zero-order valence-electron chi connectivity index (χ0n) is 32.8. The van der Waals surface area contributed by atoms with Crippen LogP contribution in [0.4, 0.5) is 5.69 Å². The first-order chi connectivity index (χ1) is 30.2. The van der Waals surface area contributed by atoms with Crippen LogP contribution < -0.4 is 0 Å². The van der Waals surface area contributed by atoms with Crippen LogP contribution in [-0.4, -0.2) is 13.7 Å². The molecule has 12 rings (SSSR count). The summed E-state index contributed by atoms with van der Waals surface area (Å²) in [6.45, 7) is 7.65. The van der Waals surface area contributed by atoms with Crippen molar-refractivity contribution in [3.8, 4) is 45.4 Å². The second-order valence-corrected chi connectivity index (χ2v) is 15.6. The minimum Gasteiger partial charge on any atom is -0.309 e. The second kappa shape index (κ2) is 13.5. The fourth-order valence-electron chi connectivity index (χ4n) is 9.53. The SMILES string of the molecule is [C-]#[N+]c1ccc(-n2c3ccc(-c4ccc5c(c4)c4ccccc4n5-c4ccccc4)cc3c3cc(-c4ccc5c(c4)c4ccccc4n5-c4ccccc4)ccc32)cc1C#N. The molecular weight excluding hydrogens is 743 g/mol. The van der Waals surface area contributed by atoms with Gasteiger partial charge in [0.1, 0.15) is 0 Å². The van der Waals surface area contributed by atoms with E-state index in [1.54, 1.807) is 6.07 Å². The fourth-order valence-corrected chi connectivity index (χ4v) is 9.53. The van der Waals surface area contributed by atoms with Gasteiger partial charge in [-0.2, -0.15) is 5.26 Å². The van der Waals surface area contributed by atoms with E-state index in [-0.39, 0.29) is 0 Å². The van der Waals surface area contributed by atoms with Gasteiger partial charge in [0, 0.05) is 49.4 Å². The number of hydrogen-bond donors (Lipinski definition) is 0. The van der Waals surface area contributed by atoms with E-state index >= 15 is 0 Å². The van der Waals surface area contributed by atoms with Gasteiger partial charge in [-0.3, -0.25) is 0 Å². The smallest absolute Gasteiger partial charge is 0.204 e. The monoisotopic (exact) mass is 775 g/mol. The van der Waals surface area contributed by atoms with Gasteiger partial charge in [0.15, 0.2) is 0 Å². The number of aromatic nitrogens is 3. The van der Waals surface area contributed by atoms with Crippen molar-refractivity contribution < 1.29 is 0 Å². The van der Waals surface area contributed by atoms with Gasteiger partial charge in [-0.1, -0.05) is 103 Å². The zero-order chi connectivity index (χ0) is 40.6. The van der Waals surface area contributed by atoms with E-state index in [2.05, 4.69) is 207 Å². The molecule has 0 unspecified atom stereocenters. The predicted molar refractivity (Wildman–Crippen MR) is 251 cm³/mol. The highest BCUT2D eigenvalue weighted by molar-refractivity contribution is 6.14. The van der Waals surface area contributed by atoms with Crippen LogP contribution in [0.1, 0.15) is 5.56 Å². The van der Waals surface area contributed by atoms with Crippen molar-refractivity contribution in [3.63, 3.8) is 0 Å². The lowest BCUT2D eigenvalue weighted by Crippen LogP contribution is -1.95. The van der Waals surface area contributed by atoms with Crippen LogP contribution in [0.25, 0.3) is 110 Å². The summed E-state index contributed by atoms with van der Waals surface area (Å²) in [7, 11) is 0. The Morgan fingerprint density at radius 1 is 0.344 bits per heavy atom. The van der Waals surface area contributed by atoms with Crippen molar-refractivity contribution >= 4 is 71.1 Å². The summed E-state index contributed by atoms with van der Waals surface area (Å²) in [5, 5.41) is 17.1. The quantitative estimate of drug-likeness (QED) is 0.161. The molecule has 0 fully saturated rings. The van der Waals surface area contributed by atoms with Gasteiger partial charge in [-0.25, -0.2) is 4.85 Å². The van der Waals surface area contributed by atoms with E-state index in [0.29, 0.717) is 11.3 Å². The fraction of sp³-hybridized carbons (Fsp3) is 0. The van der Waals surface area contributed by atoms with E-state index < -0.39 is 0 Å². The molecule has 0 aliphatic carbocycles. The number of benzene rings is 9. The largest absolute Gasteiger partial charge is 0.309 e. The van der Waals surface area contributed by atoms with Gasteiger partial charge in [0.05, 0.1) is 51.3 Å². The average molecular weight is 776 g/mol. The summed E-state index contributed by atoms with van der Waals surface area (Å²) < 4.78 is 6.91. The molecule has 5 nitrogen and oxygen atoms in total. The molecule has 0 saturated carbocycles. The van der Waals surface area contributed by atoms with E-state index in [1.807, 2.05) is 12.1 Å².